The van der Waals surface area contributed by atoms with E-state index < -0.39 is 10.0 Å². The van der Waals surface area contributed by atoms with Crippen LogP contribution in [-0.2, 0) is 10.0 Å². The number of hydrogen-bond acceptors (Lipinski definition) is 8. The smallest absolute Gasteiger partial charge is 0.261 e. The van der Waals surface area contributed by atoms with Gasteiger partial charge in [-0.05, 0) is 87.7 Å². The number of nitrogens with zero attached hydrogens (tertiary/aromatic N) is 3. The van der Waals surface area contributed by atoms with Crippen LogP contribution in [0.15, 0.2) is 65.6 Å². The number of nitrogens with one attached hydrogen (secondary N) is 1. The predicted octanol–water partition coefficient (Wildman–Crippen LogP) is 5.37. The molecule has 0 bridgehead atoms. The third-order valence-corrected chi connectivity index (χ3v) is 8.82. The van der Waals surface area contributed by atoms with Crippen molar-refractivity contribution in [1.82, 2.24) is 9.88 Å². The van der Waals surface area contributed by atoms with Crippen molar-refractivity contribution in [2.45, 2.75) is 11.3 Å². The second-order valence-corrected chi connectivity index (χ2v) is 12.0. The lowest BCUT2D eigenvalue weighted by atomic mass is 10.2. The topological polar surface area (TPSA) is 101 Å². The molecule has 3 aromatic carbocycles. The minimum Gasteiger partial charge on any atom is -0.497 e. The van der Waals surface area contributed by atoms with Gasteiger partial charge < -0.3 is 14.4 Å². The first-order valence-corrected chi connectivity index (χ1v) is 14.7. The summed E-state index contributed by atoms with van der Waals surface area (Å²) in [6.07, 6.45) is 0.722. The molecule has 1 aromatic heterocycles. The summed E-state index contributed by atoms with van der Waals surface area (Å²) in [5.41, 5.74) is 1.32. The van der Waals surface area contributed by atoms with Gasteiger partial charge in [0, 0.05) is 17.8 Å². The quantitative estimate of drug-likeness (QED) is 0.251. The Morgan fingerprint density at radius 1 is 0.974 bits per heavy atom. The van der Waals surface area contributed by atoms with Gasteiger partial charge in [-0.25, -0.2) is 13.4 Å². The molecule has 0 unspecified atom stereocenters. The summed E-state index contributed by atoms with van der Waals surface area (Å²) in [5, 5.41) is 1.04. The molecule has 0 aliphatic carbocycles. The molecule has 0 saturated carbocycles. The van der Waals surface area contributed by atoms with Crippen LogP contribution in [0.4, 0.5) is 10.8 Å². The number of carbonyl (C=O) groups excluding carboxylic acids is 1. The van der Waals surface area contributed by atoms with Crippen molar-refractivity contribution in [2.24, 2.45) is 0 Å². The third-order valence-electron chi connectivity index (χ3n) is 5.88. The molecule has 0 aliphatic rings. The van der Waals surface area contributed by atoms with E-state index in [0.717, 1.165) is 17.7 Å². The molecule has 0 radical (unpaired) electrons. The van der Waals surface area contributed by atoms with E-state index in [1.165, 1.54) is 30.6 Å². The van der Waals surface area contributed by atoms with Crippen LogP contribution in [0.5, 0.6) is 11.5 Å². The first kappa shape index (κ1) is 28.6. The molecule has 9 nitrogen and oxygen atoms in total. The molecule has 4 rings (SSSR count). The van der Waals surface area contributed by atoms with Crippen LogP contribution in [0.1, 0.15) is 16.8 Å². The Hall–Kier alpha value is -3.38. The number of anilines is 2. The Morgan fingerprint density at radius 3 is 2.28 bits per heavy atom. The fourth-order valence-electron chi connectivity index (χ4n) is 3.86. The molecule has 0 fully saturated rings. The molecule has 0 saturated heterocycles. The van der Waals surface area contributed by atoms with Gasteiger partial charge in [-0.2, -0.15) is 0 Å². The number of halogens is 1. The zero-order valence-corrected chi connectivity index (χ0v) is 24.4. The van der Waals surface area contributed by atoms with E-state index in [2.05, 4.69) is 4.72 Å². The van der Waals surface area contributed by atoms with Crippen LogP contribution < -0.4 is 19.1 Å². The molecule has 39 heavy (non-hydrogen) atoms. The van der Waals surface area contributed by atoms with E-state index in [1.54, 1.807) is 60.5 Å². The second kappa shape index (κ2) is 12.2. The van der Waals surface area contributed by atoms with Crippen molar-refractivity contribution in [3.05, 3.63) is 71.2 Å². The van der Waals surface area contributed by atoms with Gasteiger partial charge in [-0.3, -0.25) is 14.4 Å². The van der Waals surface area contributed by atoms with E-state index in [0.29, 0.717) is 45.0 Å². The maximum Gasteiger partial charge on any atom is 0.261 e. The highest BCUT2D eigenvalue weighted by molar-refractivity contribution is 7.92. The van der Waals surface area contributed by atoms with Gasteiger partial charge in [0.1, 0.15) is 17.0 Å². The molecule has 4 aromatic rings. The lowest BCUT2D eigenvalue weighted by Crippen LogP contribution is -2.33. The van der Waals surface area contributed by atoms with Crippen molar-refractivity contribution in [1.29, 1.82) is 0 Å². The summed E-state index contributed by atoms with van der Waals surface area (Å²) in [7, 11) is 3.20. The average Bonchev–Trinajstić information content (AvgIpc) is 3.37. The van der Waals surface area contributed by atoms with E-state index in [9.17, 15) is 13.2 Å². The Labute approximate surface area is 237 Å². The molecule has 0 aliphatic heterocycles. The van der Waals surface area contributed by atoms with Crippen LogP contribution in [0.25, 0.3) is 10.2 Å². The Morgan fingerprint density at radius 2 is 1.67 bits per heavy atom. The highest BCUT2D eigenvalue weighted by atomic mass is 35.5. The number of methoxy groups -OCH3 is 2. The summed E-state index contributed by atoms with van der Waals surface area (Å²) in [4.78, 5) is 22.2. The van der Waals surface area contributed by atoms with Crippen molar-refractivity contribution in [3.8, 4) is 11.5 Å². The standard InChI is InChI=1S/C27H29ClN4O5S2/c1-31(2)16-5-17-32(27-29-24-23(37-4)15-14-22(28)25(24)38-27)26(33)18-6-8-19(9-7-18)30-39(34,35)21-12-10-20(36-3)11-13-21/h6-15,30H,5,16-17H2,1-4H3. The Bertz CT molecular complexity index is 1560. The van der Waals surface area contributed by atoms with Gasteiger partial charge >= 0.3 is 0 Å². The SMILES string of the molecule is COc1ccc(S(=O)(=O)Nc2ccc(C(=O)N(CCCN(C)C)c3nc4c(OC)ccc(Cl)c4s3)cc2)cc1. The van der Waals surface area contributed by atoms with Crippen molar-refractivity contribution in [3.63, 3.8) is 0 Å². The number of thiazole rings is 1. The summed E-state index contributed by atoms with van der Waals surface area (Å²) in [6.45, 7) is 1.22. The number of aromatic nitrogens is 1. The maximum absolute atomic E-state index is 13.7. The van der Waals surface area contributed by atoms with Crippen LogP contribution in [0.2, 0.25) is 5.02 Å². The highest BCUT2D eigenvalue weighted by Crippen LogP contribution is 2.39. The van der Waals surface area contributed by atoms with E-state index >= 15 is 0 Å². The molecule has 1 heterocycles. The number of amides is 1. The molecule has 1 N–H and O–H groups in total. The van der Waals surface area contributed by atoms with Crippen LogP contribution >= 0.6 is 22.9 Å². The normalized spacial score (nSPS) is 11.5. The first-order valence-electron chi connectivity index (χ1n) is 12.0. The number of carbonyl (C=O) groups is 1. The van der Waals surface area contributed by atoms with Crippen LogP contribution in [0.3, 0.4) is 0 Å². The van der Waals surface area contributed by atoms with E-state index in [-0.39, 0.29) is 10.8 Å². The molecule has 0 atom stereocenters. The third kappa shape index (κ3) is 6.62. The molecule has 1 amide bonds. The largest absolute Gasteiger partial charge is 0.497 e. The van der Waals surface area contributed by atoms with Crippen LogP contribution in [0, 0.1) is 0 Å². The fourth-order valence-corrected chi connectivity index (χ4v) is 6.20. The lowest BCUT2D eigenvalue weighted by molar-refractivity contribution is 0.0986. The van der Waals surface area contributed by atoms with Crippen LogP contribution in [-0.4, -0.2) is 65.6 Å². The molecule has 0 spiro atoms. The summed E-state index contributed by atoms with van der Waals surface area (Å²) >= 11 is 7.74. The van der Waals surface area contributed by atoms with Crippen molar-refractivity contribution < 1.29 is 22.7 Å². The number of ether oxygens (including phenoxy) is 2. The van der Waals surface area contributed by atoms with Gasteiger partial charge in [-0.1, -0.05) is 22.9 Å². The number of fused-ring (bicyclic) bond motifs is 1. The molecule has 206 valence electrons. The minimum absolute atomic E-state index is 0.0976. The van der Waals surface area contributed by atoms with E-state index in [1.807, 2.05) is 19.0 Å². The minimum atomic E-state index is -3.81. The first-order chi connectivity index (χ1) is 18.6. The fraction of sp³-hybridized carbons (Fsp3) is 0.259. The van der Waals surface area contributed by atoms with Gasteiger partial charge in [0.25, 0.3) is 15.9 Å². The Balaban J connectivity index is 1.59. The lowest BCUT2D eigenvalue weighted by Gasteiger charge is -2.21. The zero-order valence-electron chi connectivity index (χ0n) is 22.0. The molecule has 12 heteroatoms. The van der Waals surface area contributed by atoms with Crippen molar-refractivity contribution in [2.75, 3.05) is 51.0 Å². The van der Waals surface area contributed by atoms with Gasteiger partial charge in [0.2, 0.25) is 0 Å². The number of sulfonamides is 1. The highest BCUT2D eigenvalue weighted by Gasteiger charge is 2.23. The maximum atomic E-state index is 13.7. The van der Waals surface area contributed by atoms with Gasteiger partial charge in [-0.15, -0.1) is 0 Å². The summed E-state index contributed by atoms with van der Waals surface area (Å²) < 4.78 is 39.4. The summed E-state index contributed by atoms with van der Waals surface area (Å²) in [5.74, 6) is 0.874. The zero-order chi connectivity index (χ0) is 28.2. The predicted molar refractivity (Wildman–Crippen MR) is 156 cm³/mol. The molecular formula is C27H29ClN4O5S2. The number of rotatable bonds is 11. The number of hydrogen-bond donors (Lipinski definition) is 1. The van der Waals surface area contributed by atoms with Gasteiger partial charge in [0.15, 0.2) is 5.13 Å². The monoisotopic (exact) mass is 588 g/mol. The summed E-state index contributed by atoms with van der Waals surface area (Å²) in [6, 6.07) is 15.9. The second-order valence-electron chi connectivity index (χ2n) is 8.90. The van der Waals surface area contributed by atoms with Gasteiger partial charge in [0.05, 0.1) is 28.8 Å². The number of benzene rings is 3. The average molecular weight is 589 g/mol. The Kier molecular flexibility index (Phi) is 8.96. The van der Waals surface area contributed by atoms with E-state index in [4.69, 9.17) is 26.1 Å². The van der Waals surface area contributed by atoms with Crippen molar-refractivity contribution >= 4 is 59.9 Å². The molecular weight excluding hydrogens is 560 g/mol.